The average molecular weight is 382 g/mol. The SMILES string of the molecule is CC(C)(C)OC(=O)NC(Cc1ccc2noc(-c3ccccc3)c2c1)C(=O)O. The molecule has 28 heavy (non-hydrogen) atoms. The van der Waals surface area contributed by atoms with Gasteiger partial charge in [0.1, 0.15) is 17.2 Å². The van der Waals surface area contributed by atoms with Crippen LogP contribution in [0.1, 0.15) is 26.3 Å². The topological polar surface area (TPSA) is 102 Å². The molecule has 1 atom stereocenters. The van der Waals surface area contributed by atoms with Crippen molar-refractivity contribution in [1.29, 1.82) is 0 Å². The van der Waals surface area contributed by atoms with Gasteiger partial charge in [0.05, 0.1) is 0 Å². The minimum Gasteiger partial charge on any atom is -0.480 e. The summed E-state index contributed by atoms with van der Waals surface area (Å²) in [6, 6.07) is 13.8. The summed E-state index contributed by atoms with van der Waals surface area (Å²) in [6.45, 7) is 5.15. The molecule has 0 aliphatic carbocycles. The number of aliphatic carboxylic acids is 1. The van der Waals surface area contributed by atoms with Gasteiger partial charge in [0.2, 0.25) is 0 Å². The van der Waals surface area contributed by atoms with E-state index in [9.17, 15) is 14.7 Å². The predicted octanol–water partition coefficient (Wildman–Crippen LogP) is 4.02. The molecule has 3 rings (SSSR count). The monoisotopic (exact) mass is 382 g/mol. The Balaban J connectivity index is 1.84. The van der Waals surface area contributed by atoms with Crippen LogP contribution in [0, 0.1) is 0 Å². The van der Waals surface area contributed by atoms with Crippen LogP contribution in [0.5, 0.6) is 0 Å². The third-order valence-corrected chi connectivity index (χ3v) is 4.01. The van der Waals surface area contributed by atoms with E-state index in [1.165, 1.54) is 0 Å². The molecule has 0 fully saturated rings. The highest BCUT2D eigenvalue weighted by atomic mass is 16.6. The van der Waals surface area contributed by atoms with E-state index in [1.807, 2.05) is 36.4 Å². The average Bonchev–Trinajstić information content (AvgIpc) is 3.03. The van der Waals surface area contributed by atoms with Gasteiger partial charge in [-0.15, -0.1) is 0 Å². The molecule has 7 nitrogen and oxygen atoms in total. The smallest absolute Gasteiger partial charge is 0.408 e. The third-order valence-electron chi connectivity index (χ3n) is 4.01. The second-order valence-corrected chi connectivity index (χ2v) is 7.47. The third kappa shape index (κ3) is 4.68. The van der Waals surface area contributed by atoms with Crippen molar-refractivity contribution in [2.45, 2.75) is 38.8 Å². The Hall–Kier alpha value is -3.35. The van der Waals surface area contributed by atoms with Gasteiger partial charge in [-0.3, -0.25) is 0 Å². The minimum atomic E-state index is -1.14. The lowest BCUT2D eigenvalue weighted by Gasteiger charge is -2.22. The number of aromatic nitrogens is 1. The van der Waals surface area contributed by atoms with E-state index >= 15 is 0 Å². The fourth-order valence-corrected chi connectivity index (χ4v) is 2.80. The number of fused-ring (bicyclic) bond motifs is 1. The van der Waals surface area contributed by atoms with E-state index in [0.717, 1.165) is 16.5 Å². The van der Waals surface area contributed by atoms with E-state index < -0.39 is 23.7 Å². The first-order chi connectivity index (χ1) is 13.2. The zero-order valence-corrected chi connectivity index (χ0v) is 15.9. The first-order valence-corrected chi connectivity index (χ1v) is 8.89. The Morgan fingerprint density at radius 2 is 1.89 bits per heavy atom. The van der Waals surface area contributed by atoms with Gasteiger partial charge in [0, 0.05) is 17.4 Å². The molecule has 1 heterocycles. The minimum absolute atomic E-state index is 0.101. The van der Waals surface area contributed by atoms with Crippen LogP contribution in [-0.2, 0) is 16.0 Å². The summed E-state index contributed by atoms with van der Waals surface area (Å²) >= 11 is 0. The molecule has 0 bridgehead atoms. The van der Waals surface area contributed by atoms with E-state index in [-0.39, 0.29) is 6.42 Å². The Kier molecular flexibility index (Phi) is 5.35. The Morgan fingerprint density at radius 1 is 1.18 bits per heavy atom. The molecule has 0 spiro atoms. The molecule has 0 radical (unpaired) electrons. The molecule has 1 unspecified atom stereocenters. The van der Waals surface area contributed by atoms with Gasteiger partial charge >= 0.3 is 12.1 Å². The number of hydrogen-bond acceptors (Lipinski definition) is 5. The summed E-state index contributed by atoms with van der Waals surface area (Å²) < 4.78 is 10.6. The number of alkyl carbamates (subject to hydrolysis) is 1. The molecule has 146 valence electrons. The second kappa shape index (κ2) is 7.72. The zero-order chi connectivity index (χ0) is 20.3. The van der Waals surface area contributed by atoms with Crippen molar-refractivity contribution in [2.24, 2.45) is 0 Å². The summed E-state index contributed by atoms with van der Waals surface area (Å²) in [5.74, 6) is -0.524. The molecule has 2 N–H and O–H groups in total. The molecule has 1 aromatic heterocycles. The van der Waals surface area contributed by atoms with E-state index in [4.69, 9.17) is 9.26 Å². The van der Waals surface area contributed by atoms with Crippen LogP contribution in [0.2, 0.25) is 0 Å². The van der Waals surface area contributed by atoms with E-state index in [1.54, 1.807) is 32.9 Å². The molecule has 0 aliphatic rings. The van der Waals surface area contributed by atoms with E-state index in [0.29, 0.717) is 11.3 Å². The number of ether oxygens (including phenoxy) is 1. The number of carbonyl (C=O) groups excluding carboxylic acids is 1. The maximum atomic E-state index is 12.0. The van der Waals surface area contributed by atoms with Crippen molar-refractivity contribution in [3.63, 3.8) is 0 Å². The Labute approximate surface area is 162 Å². The quantitative estimate of drug-likeness (QED) is 0.691. The van der Waals surface area contributed by atoms with E-state index in [2.05, 4.69) is 10.5 Å². The summed E-state index contributed by atoms with van der Waals surface area (Å²) in [4.78, 5) is 23.6. The lowest BCUT2D eigenvalue weighted by molar-refractivity contribution is -0.139. The molecule has 0 aliphatic heterocycles. The van der Waals surface area contributed by atoms with Gasteiger partial charge < -0.3 is 19.7 Å². The molecular formula is C21H22N2O5. The van der Waals surface area contributed by atoms with Crippen LogP contribution in [-0.4, -0.2) is 34.0 Å². The van der Waals surface area contributed by atoms with Crippen molar-refractivity contribution < 1.29 is 24.0 Å². The lowest BCUT2D eigenvalue weighted by atomic mass is 10.0. The number of hydrogen-bond donors (Lipinski definition) is 2. The highest BCUT2D eigenvalue weighted by Gasteiger charge is 2.24. The van der Waals surface area contributed by atoms with Gasteiger partial charge in [0.15, 0.2) is 5.76 Å². The molecule has 2 aromatic carbocycles. The molecule has 0 saturated carbocycles. The summed E-state index contributed by atoms with van der Waals surface area (Å²) in [5, 5.41) is 16.7. The first kappa shape index (κ1) is 19.4. The molecule has 1 amide bonds. The van der Waals surface area contributed by atoms with Crippen molar-refractivity contribution in [2.75, 3.05) is 0 Å². The summed E-state index contributed by atoms with van der Waals surface area (Å²) in [7, 11) is 0. The van der Waals surface area contributed by atoms with Crippen LogP contribution in [0.25, 0.3) is 22.2 Å². The highest BCUT2D eigenvalue weighted by Crippen LogP contribution is 2.29. The number of carbonyl (C=O) groups is 2. The molecule has 7 heteroatoms. The van der Waals surface area contributed by atoms with Crippen LogP contribution in [0.15, 0.2) is 53.1 Å². The summed E-state index contributed by atoms with van der Waals surface area (Å²) in [6.07, 6.45) is -0.667. The van der Waals surface area contributed by atoms with Gasteiger partial charge in [-0.2, -0.15) is 0 Å². The summed E-state index contributed by atoms with van der Waals surface area (Å²) in [5.41, 5.74) is 1.58. The molecular weight excluding hydrogens is 360 g/mol. The van der Waals surface area contributed by atoms with Gasteiger partial charge in [-0.05, 0) is 38.5 Å². The van der Waals surface area contributed by atoms with Crippen molar-refractivity contribution >= 4 is 23.0 Å². The Bertz CT molecular complexity index is 989. The predicted molar refractivity (Wildman–Crippen MR) is 104 cm³/mol. The van der Waals surface area contributed by atoms with Crippen molar-refractivity contribution in [3.8, 4) is 11.3 Å². The standard InChI is InChI=1S/C21H22N2O5/c1-21(2,3)27-20(26)22-17(19(24)25)12-13-9-10-16-15(11-13)18(28-23-16)14-7-5-4-6-8-14/h4-11,17H,12H2,1-3H3,(H,22,26)(H,24,25). The number of benzene rings is 2. The first-order valence-electron chi connectivity index (χ1n) is 8.89. The fraction of sp³-hybridized carbons (Fsp3) is 0.286. The number of carboxylic acid groups (broad SMARTS) is 1. The molecule has 3 aromatic rings. The number of nitrogens with one attached hydrogen (secondary N) is 1. The van der Waals surface area contributed by atoms with Crippen LogP contribution >= 0.6 is 0 Å². The van der Waals surface area contributed by atoms with Crippen LogP contribution in [0.3, 0.4) is 0 Å². The number of amides is 1. The zero-order valence-electron chi connectivity index (χ0n) is 15.9. The Morgan fingerprint density at radius 3 is 2.54 bits per heavy atom. The van der Waals surface area contributed by atoms with Gasteiger partial charge in [0.25, 0.3) is 0 Å². The second-order valence-electron chi connectivity index (χ2n) is 7.47. The highest BCUT2D eigenvalue weighted by molar-refractivity contribution is 5.92. The fourth-order valence-electron chi connectivity index (χ4n) is 2.80. The maximum Gasteiger partial charge on any atom is 0.408 e. The lowest BCUT2D eigenvalue weighted by Crippen LogP contribution is -2.44. The molecule has 0 saturated heterocycles. The van der Waals surface area contributed by atoms with Gasteiger partial charge in [-0.1, -0.05) is 41.6 Å². The van der Waals surface area contributed by atoms with Crippen LogP contribution < -0.4 is 5.32 Å². The normalized spacial score (nSPS) is 12.5. The van der Waals surface area contributed by atoms with Crippen LogP contribution in [0.4, 0.5) is 4.79 Å². The number of nitrogens with zero attached hydrogens (tertiary/aromatic N) is 1. The largest absolute Gasteiger partial charge is 0.480 e. The maximum absolute atomic E-state index is 12.0. The number of carboxylic acids is 1. The number of rotatable bonds is 5. The van der Waals surface area contributed by atoms with Gasteiger partial charge in [-0.25, -0.2) is 9.59 Å². The van der Waals surface area contributed by atoms with Crippen molar-refractivity contribution in [3.05, 3.63) is 54.1 Å². The van der Waals surface area contributed by atoms with Crippen molar-refractivity contribution in [1.82, 2.24) is 10.5 Å².